The number of esters is 1. The Kier molecular flexibility index (Phi) is 1.10. The Morgan fingerprint density at radius 3 is 3.00 bits per heavy atom. The Hall–Kier alpha value is -0.790. The van der Waals surface area contributed by atoms with Crippen LogP contribution in [0.1, 0.15) is 6.92 Å². The Labute approximate surface area is 59.9 Å². The minimum absolute atomic E-state index is 0.00750. The summed E-state index contributed by atoms with van der Waals surface area (Å²) in [6, 6.07) is 0. The number of carbonyl (C=O) groups excluding carboxylic acids is 1. The molecule has 0 amide bonds. The van der Waals surface area contributed by atoms with Gasteiger partial charge in [0, 0.05) is 5.92 Å². The van der Waals surface area contributed by atoms with Gasteiger partial charge in [0.1, 0.15) is 0 Å². The molecular weight excluding hydrogens is 128 g/mol. The van der Waals surface area contributed by atoms with Crippen LogP contribution in [-0.4, -0.2) is 12.6 Å². The standard InChI is InChI=1S/C8H10O2/c1-2-3-5-6-4-10-8(9)7(5)6/h2-3,5-7H,4H2,1H3/b3-2+/t5-,6-,7+/m1/s1. The fourth-order valence-corrected chi connectivity index (χ4v) is 1.71. The molecule has 2 heteroatoms. The zero-order valence-corrected chi connectivity index (χ0v) is 5.91. The second kappa shape index (κ2) is 1.84. The van der Waals surface area contributed by atoms with Crippen molar-refractivity contribution in [3.05, 3.63) is 12.2 Å². The molecule has 1 heterocycles. The van der Waals surface area contributed by atoms with Crippen LogP contribution >= 0.6 is 0 Å². The summed E-state index contributed by atoms with van der Waals surface area (Å²) in [5.41, 5.74) is 0. The van der Waals surface area contributed by atoms with Crippen molar-refractivity contribution in [3.8, 4) is 0 Å². The lowest BCUT2D eigenvalue weighted by atomic mass is 10.3. The second-order valence-corrected chi connectivity index (χ2v) is 2.92. The van der Waals surface area contributed by atoms with Gasteiger partial charge in [0.2, 0.25) is 0 Å². The van der Waals surface area contributed by atoms with Gasteiger partial charge in [-0.15, -0.1) is 0 Å². The molecule has 0 aromatic carbocycles. The molecule has 1 aliphatic heterocycles. The van der Waals surface area contributed by atoms with E-state index >= 15 is 0 Å². The van der Waals surface area contributed by atoms with E-state index in [-0.39, 0.29) is 11.9 Å². The van der Waals surface area contributed by atoms with Crippen LogP contribution in [0.2, 0.25) is 0 Å². The molecule has 0 aromatic heterocycles. The molecule has 0 radical (unpaired) electrons. The fraction of sp³-hybridized carbons (Fsp3) is 0.625. The van der Waals surface area contributed by atoms with Crippen LogP contribution in [0, 0.1) is 17.8 Å². The van der Waals surface area contributed by atoms with Crippen molar-refractivity contribution >= 4 is 5.97 Å². The van der Waals surface area contributed by atoms with Gasteiger partial charge in [-0.1, -0.05) is 12.2 Å². The zero-order chi connectivity index (χ0) is 7.14. The van der Waals surface area contributed by atoms with Gasteiger partial charge in [-0.3, -0.25) is 4.79 Å². The molecule has 0 spiro atoms. The lowest BCUT2D eigenvalue weighted by Crippen LogP contribution is -2.03. The number of rotatable bonds is 1. The third kappa shape index (κ3) is 0.618. The first-order valence-corrected chi connectivity index (χ1v) is 3.64. The van der Waals surface area contributed by atoms with Crippen molar-refractivity contribution in [2.24, 2.45) is 17.8 Å². The third-order valence-electron chi connectivity index (χ3n) is 2.33. The van der Waals surface area contributed by atoms with Crippen LogP contribution in [0.25, 0.3) is 0 Å². The largest absolute Gasteiger partial charge is 0.465 e. The van der Waals surface area contributed by atoms with Crippen molar-refractivity contribution in [3.63, 3.8) is 0 Å². The summed E-state index contributed by atoms with van der Waals surface area (Å²) in [6.45, 7) is 2.64. The van der Waals surface area contributed by atoms with E-state index < -0.39 is 0 Å². The summed E-state index contributed by atoms with van der Waals surface area (Å²) < 4.78 is 4.82. The molecule has 2 aliphatic rings. The van der Waals surface area contributed by atoms with Gasteiger partial charge in [0.25, 0.3) is 0 Å². The maximum absolute atomic E-state index is 10.8. The Bertz CT molecular complexity index is 195. The van der Waals surface area contributed by atoms with E-state index in [1.807, 2.05) is 13.0 Å². The van der Waals surface area contributed by atoms with Crippen molar-refractivity contribution in [1.82, 2.24) is 0 Å². The van der Waals surface area contributed by atoms with Gasteiger partial charge >= 0.3 is 5.97 Å². The number of ether oxygens (including phenoxy) is 1. The predicted molar refractivity (Wildman–Crippen MR) is 36.2 cm³/mol. The average molecular weight is 138 g/mol. The van der Waals surface area contributed by atoms with E-state index in [4.69, 9.17) is 4.74 Å². The summed E-state index contributed by atoms with van der Waals surface area (Å²) in [5, 5.41) is 0. The molecule has 10 heavy (non-hydrogen) atoms. The fourth-order valence-electron chi connectivity index (χ4n) is 1.71. The number of allylic oxidation sites excluding steroid dienone is 2. The average Bonchev–Trinajstić information content (AvgIpc) is 2.45. The first kappa shape index (κ1) is 5.96. The lowest BCUT2D eigenvalue weighted by molar-refractivity contribution is -0.141. The maximum atomic E-state index is 10.8. The van der Waals surface area contributed by atoms with E-state index in [2.05, 4.69) is 6.08 Å². The molecule has 0 aromatic rings. The summed E-state index contributed by atoms with van der Waals surface area (Å²) in [4.78, 5) is 10.8. The van der Waals surface area contributed by atoms with Gasteiger partial charge in [-0.05, 0) is 12.8 Å². The number of hydrogen-bond acceptors (Lipinski definition) is 2. The molecule has 1 saturated carbocycles. The van der Waals surface area contributed by atoms with Gasteiger partial charge in [-0.2, -0.15) is 0 Å². The van der Waals surface area contributed by atoms with Crippen molar-refractivity contribution in [2.45, 2.75) is 6.92 Å². The molecule has 2 rings (SSSR count). The summed E-state index contributed by atoms with van der Waals surface area (Å²) in [7, 11) is 0. The number of carbonyl (C=O) groups is 1. The summed E-state index contributed by atoms with van der Waals surface area (Å²) in [5.74, 6) is 1.25. The molecule has 54 valence electrons. The van der Waals surface area contributed by atoms with E-state index in [0.717, 1.165) is 0 Å². The van der Waals surface area contributed by atoms with Crippen LogP contribution < -0.4 is 0 Å². The molecule has 0 bridgehead atoms. The normalized spacial score (nSPS) is 43.7. The van der Waals surface area contributed by atoms with Crippen molar-refractivity contribution < 1.29 is 9.53 Å². The van der Waals surface area contributed by atoms with Gasteiger partial charge in [0.05, 0.1) is 12.5 Å². The highest BCUT2D eigenvalue weighted by atomic mass is 16.5. The molecule has 3 atom stereocenters. The van der Waals surface area contributed by atoms with E-state index in [1.54, 1.807) is 0 Å². The second-order valence-electron chi connectivity index (χ2n) is 2.92. The van der Waals surface area contributed by atoms with Crippen molar-refractivity contribution in [2.75, 3.05) is 6.61 Å². The van der Waals surface area contributed by atoms with E-state index in [0.29, 0.717) is 18.4 Å². The molecule has 1 aliphatic carbocycles. The van der Waals surface area contributed by atoms with Crippen LogP contribution in [0.3, 0.4) is 0 Å². The highest BCUT2D eigenvalue weighted by molar-refractivity contribution is 5.79. The number of fused-ring (bicyclic) bond motifs is 1. The molecule has 0 N–H and O–H groups in total. The first-order valence-electron chi connectivity index (χ1n) is 3.64. The Morgan fingerprint density at radius 1 is 1.70 bits per heavy atom. The Morgan fingerprint density at radius 2 is 2.50 bits per heavy atom. The molecule has 1 saturated heterocycles. The Balaban J connectivity index is 2.05. The van der Waals surface area contributed by atoms with Crippen LogP contribution in [-0.2, 0) is 9.53 Å². The van der Waals surface area contributed by atoms with Gasteiger partial charge in [-0.25, -0.2) is 0 Å². The SMILES string of the molecule is C/C=C/[C@@H]1[C@H]2COC(=O)[C@@H]12. The van der Waals surface area contributed by atoms with Crippen LogP contribution in [0.15, 0.2) is 12.2 Å². The predicted octanol–water partition coefficient (Wildman–Crippen LogP) is 0.982. The quantitative estimate of drug-likeness (QED) is 0.399. The smallest absolute Gasteiger partial charge is 0.309 e. The van der Waals surface area contributed by atoms with Crippen molar-refractivity contribution in [1.29, 1.82) is 0 Å². The lowest BCUT2D eigenvalue weighted by Gasteiger charge is -1.96. The maximum Gasteiger partial charge on any atom is 0.309 e. The number of hydrogen-bond donors (Lipinski definition) is 0. The summed E-state index contributed by atoms with van der Waals surface area (Å²) in [6.07, 6.45) is 4.12. The van der Waals surface area contributed by atoms with Gasteiger partial charge < -0.3 is 4.74 Å². The summed E-state index contributed by atoms with van der Waals surface area (Å²) >= 11 is 0. The molecule has 0 unspecified atom stereocenters. The molecular formula is C8H10O2. The topological polar surface area (TPSA) is 26.3 Å². The first-order chi connectivity index (χ1) is 4.84. The molecule has 2 fully saturated rings. The highest BCUT2D eigenvalue weighted by Crippen LogP contribution is 2.52. The van der Waals surface area contributed by atoms with E-state index in [9.17, 15) is 4.79 Å². The van der Waals surface area contributed by atoms with Crippen LogP contribution in [0.4, 0.5) is 0 Å². The molecule has 2 nitrogen and oxygen atoms in total. The third-order valence-corrected chi connectivity index (χ3v) is 2.33. The van der Waals surface area contributed by atoms with Crippen LogP contribution in [0.5, 0.6) is 0 Å². The minimum atomic E-state index is 0.00750. The zero-order valence-electron chi connectivity index (χ0n) is 5.91. The number of cyclic esters (lactones) is 1. The van der Waals surface area contributed by atoms with E-state index in [1.165, 1.54) is 0 Å². The highest BCUT2D eigenvalue weighted by Gasteiger charge is 2.59. The minimum Gasteiger partial charge on any atom is -0.465 e. The van der Waals surface area contributed by atoms with Gasteiger partial charge in [0.15, 0.2) is 0 Å². The monoisotopic (exact) mass is 138 g/mol.